The van der Waals surface area contributed by atoms with Gasteiger partial charge in [-0.1, -0.05) is 6.92 Å². The van der Waals surface area contributed by atoms with Crippen molar-refractivity contribution in [3.05, 3.63) is 45.9 Å². The first-order chi connectivity index (χ1) is 12.0. The predicted molar refractivity (Wildman–Crippen MR) is 102 cm³/mol. The number of aromatic nitrogens is 1. The zero-order chi connectivity index (χ0) is 17.6. The van der Waals surface area contributed by atoms with Gasteiger partial charge < -0.3 is 9.30 Å². The van der Waals surface area contributed by atoms with Crippen LogP contribution in [0.3, 0.4) is 0 Å². The molecule has 0 saturated heterocycles. The van der Waals surface area contributed by atoms with Crippen molar-refractivity contribution in [1.29, 1.82) is 0 Å². The molecule has 4 rings (SSSR count). The van der Waals surface area contributed by atoms with Crippen molar-refractivity contribution < 1.29 is 4.74 Å². The van der Waals surface area contributed by atoms with Crippen LogP contribution in [0.1, 0.15) is 30.9 Å². The number of ether oxygens (including phenoxy) is 1. The molecule has 0 spiro atoms. The molecule has 1 aliphatic carbocycles. The van der Waals surface area contributed by atoms with Gasteiger partial charge in [0.05, 0.1) is 6.61 Å². The Bertz CT molecular complexity index is 844. The smallest absolute Gasteiger partial charge is 0.253 e. The summed E-state index contributed by atoms with van der Waals surface area (Å²) in [6.07, 6.45) is 4.47. The SMILES string of the molecule is CCN1Cc2cc(OCC3CC3)c(-c3cc(C)c(=O)n(C)c3)cc2S1. The average Bonchev–Trinajstić information content (AvgIpc) is 3.34. The van der Waals surface area contributed by atoms with E-state index in [1.165, 1.54) is 23.3 Å². The van der Waals surface area contributed by atoms with E-state index in [-0.39, 0.29) is 5.56 Å². The lowest BCUT2D eigenvalue weighted by Crippen LogP contribution is -2.18. The van der Waals surface area contributed by atoms with E-state index in [9.17, 15) is 4.79 Å². The van der Waals surface area contributed by atoms with Crippen molar-refractivity contribution in [1.82, 2.24) is 8.87 Å². The van der Waals surface area contributed by atoms with Gasteiger partial charge in [-0.05, 0) is 61.4 Å². The lowest BCUT2D eigenvalue weighted by molar-refractivity contribution is 0.300. The predicted octanol–water partition coefficient (Wildman–Crippen LogP) is 3.99. The Labute approximate surface area is 152 Å². The fourth-order valence-electron chi connectivity index (χ4n) is 3.21. The molecule has 0 atom stereocenters. The topological polar surface area (TPSA) is 34.5 Å². The van der Waals surface area contributed by atoms with Gasteiger partial charge in [0.1, 0.15) is 5.75 Å². The van der Waals surface area contributed by atoms with Gasteiger partial charge in [0.15, 0.2) is 0 Å². The zero-order valence-electron chi connectivity index (χ0n) is 15.0. The van der Waals surface area contributed by atoms with Crippen molar-refractivity contribution in [2.45, 2.75) is 38.1 Å². The Morgan fingerprint density at radius 1 is 1.28 bits per heavy atom. The van der Waals surface area contributed by atoms with Crippen LogP contribution in [-0.4, -0.2) is 22.0 Å². The van der Waals surface area contributed by atoms with Gasteiger partial charge in [0, 0.05) is 47.9 Å². The third-order valence-corrected chi connectivity index (χ3v) is 6.16. The highest BCUT2D eigenvalue weighted by atomic mass is 32.2. The van der Waals surface area contributed by atoms with Gasteiger partial charge in [-0.15, -0.1) is 0 Å². The number of pyridine rings is 1. The molecule has 1 saturated carbocycles. The van der Waals surface area contributed by atoms with Crippen molar-refractivity contribution in [2.75, 3.05) is 13.2 Å². The van der Waals surface area contributed by atoms with E-state index in [0.717, 1.165) is 42.1 Å². The summed E-state index contributed by atoms with van der Waals surface area (Å²) in [6.45, 7) is 6.83. The summed E-state index contributed by atoms with van der Waals surface area (Å²) in [5.74, 6) is 1.66. The van der Waals surface area contributed by atoms with E-state index in [2.05, 4.69) is 23.4 Å². The number of aryl methyl sites for hydroxylation is 2. The highest BCUT2D eigenvalue weighted by molar-refractivity contribution is 7.97. The van der Waals surface area contributed by atoms with E-state index in [1.807, 2.05) is 38.2 Å². The summed E-state index contributed by atoms with van der Waals surface area (Å²) in [6, 6.07) is 6.42. The summed E-state index contributed by atoms with van der Waals surface area (Å²) in [7, 11) is 1.81. The maximum Gasteiger partial charge on any atom is 0.253 e. The highest BCUT2D eigenvalue weighted by Crippen LogP contribution is 2.43. The molecule has 1 aromatic heterocycles. The molecule has 0 amide bonds. The van der Waals surface area contributed by atoms with Crippen LogP contribution in [0.4, 0.5) is 0 Å². The number of benzene rings is 1. The van der Waals surface area contributed by atoms with E-state index in [1.54, 1.807) is 4.57 Å². The maximum absolute atomic E-state index is 12.1. The number of rotatable bonds is 5. The molecule has 4 nitrogen and oxygen atoms in total. The molecule has 0 unspecified atom stereocenters. The monoisotopic (exact) mass is 356 g/mol. The molecule has 2 heterocycles. The Kier molecular flexibility index (Phi) is 4.38. The summed E-state index contributed by atoms with van der Waals surface area (Å²) >= 11 is 1.81. The van der Waals surface area contributed by atoms with Crippen LogP contribution in [0.15, 0.2) is 34.1 Å². The normalized spacial score (nSPS) is 16.9. The molecule has 0 N–H and O–H groups in total. The molecule has 1 aliphatic heterocycles. The van der Waals surface area contributed by atoms with Crippen LogP contribution < -0.4 is 10.3 Å². The Hall–Kier alpha value is -1.72. The van der Waals surface area contributed by atoms with Gasteiger partial charge in [0.2, 0.25) is 0 Å². The lowest BCUT2D eigenvalue weighted by Gasteiger charge is -2.15. The molecular formula is C20H24N2O2S. The van der Waals surface area contributed by atoms with Gasteiger partial charge in [-0.25, -0.2) is 4.31 Å². The quantitative estimate of drug-likeness (QED) is 0.759. The average molecular weight is 356 g/mol. The standard InChI is InChI=1S/C20H24N2O2S/c1-4-22-11-16-8-18(24-12-14-5-6-14)17(9-19(16)25-22)15-7-13(2)20(23)21(3)10-15/h7-10,14H,4-6,11-12H2,1-3H3. The number of hydrogen-bond acceptors (Lipinski definition) is 4. The summed E-state index contributed by atoms with van der Waals surface area (Å²) < 4.78 is 10.2. The van der Waals surface area contributed by atoms with Crippen LogP contribution in [0.5, 0.6) is 5.75 Å². The second kappa shape index (κ2) is 6.54. The second-order valence-corrected chi connectivity index (χ2v) is 8.22. The highest BCUT2D eigenvalue weighted by Gasteiger charge is 2.25. The van der Waals surface area contributed by atoms with Crippen LogP contribution in [0.25, 0.3) is 11.1 Å². The fraction of sp³-hybridized carbons (Fsp3) is 0.450. The third kappa shape index (κ3) is 3.35. The minimum Gasteiger partial charge on any atom is -0.493 e. The Morgan fingerprint density at radius 3 is 2.76 bits per heavy atom. The molecule has 0 radical (unpaired) electrons. The van der Waals surface area contributed by atoms with Crippen LogP contribution in [0, 0.1) is 12.8 Å². The van der Waals surface area contributed by atoms with Crippen molar-refractivity contribution in [3.63, 3.8) is 0 Å². The second-order valence-electron chi connectivity index (χ2n) is 7.09. The summed E-state index contributed by atoms with van der Waals surface area (Å²) in [5, 5.41) is 0. The molecule has 1 fully saturated rings. The maximum atomic E-state index is 12.1. The largest absolute Gasteiger partial charge is 0.493 e. The van der Waals surface area contributed by atoms with Crippen molar-refractivity contribution >= 4 is 11.9 Å². The third-order valence-electron chi connectivity index (χ3n) is 4.93. The molecular weight excluding hydrogens is 332 g/mol. The van der Waals surface area contributed by atoms with Gasteiger partial charge in [-0.2, -0.15) is 0 Å². The van der Waals surface area contributed by atoms with Gasteiger partial charge >= 0.3 is 0 Å². The van der Waals surface area contributed by atoms with Crippen molar-refractivity contribution in [3.8, 4) is 16.9 Å². The molecule has 5 heteroatoms. The van der Waals surface area contributed by atoms with Gasteiger partial charge in [-0.3, -0.25) is 4.79 Å². The first-order valence-electron chi connectivity index (χ1n) is 8.95. The Morgan fingerprint density at radius 2 is 2.08 bits per heavy atom. The zero-order valence-corrected chi connectivity index (χ0v) is 15.9. The van der Waals surface area contributed by atoms with E-state index in [4.69, 9.17) is 4.74 Å². The molecule has 132 valence electrons. The summed E-state index contributed by atoms with van der Waals surface area (Å²) in [4.78, 5) is 13.3. The first-order valence-corrected chi connectivity index (χ1v) is 9.72. The molecule has 2 aliphatic rings. The number of hydrogen-bond donors (Lipinski definition) is 0. The van der Waals surface area contributed by atoms with Crippen LogP contribution >= 0.6 is 11.9 Å². The molecule has 2 aromatic rings. The number of nitrogens with zero attached hydrogens (tertiary/aromatic N) is 2. The molecule has 1 aromatic carbocycles. The van der Waals surface area contributed by atoms with E-state index >= 15 is 0 Å². The van der Waals surface area contributed by atoms with Gasteiger partial charge in [0.25, 0.3) is 5.56 Å². The van der Waals surface area contributed by atoms with Crippen LogP contribution in [-0.2, 0) is 13.6 Å². The van der Waals surface area contributed by atoms with Crippen molar-refractivity contribution in [2.24, 2.45) is 13.0 Å². The van der Waals surface area contributed by atoms with E-state index < -0.39 is 0 Å². The van der Waals surface area contributed by atoms with Crippen LogP contribution in [0.2, 0.25) is 0 Å². The minimum atomic E-state index is 0.0527. The Balaban J connectivity index is 1.78. The first kappa shape index (κ1) is 16.7. The lowest BCUT2D eigenvalue weighted by atomic mass is 10.0. The fourth-order valence-corrected chi connectivity index (χ4v) is 4.23. The molecule has 0 bridgehead atoms. The summed E-state index contributed by atoms with van der Waals surface area (Å²) in [5.41, 5.74) is 4.28. The molecule has 25 heavy (non-hydrogen) atoms. The van der Waals surface area contributed by atoms with E-state index in [0.29, 0.717) is 5.92 Å². The number of fused-ring (bicyclic) bond motifs is 1. The minimum absolute atomic E-state index is 0.0527.